The van der Waals surface area contributed by atoms with E-state index in [0.29, 0.717) is 17.2 Å². The monoisotopic (exact) mass is 348 g/mol. The highest BCUT2D eigenvalue weighted by Crippen LogP contribution is 2.27. The first-order valence-electron chi connectivity index (χ1n) is 7.48. The molecule has 128 valence electrons. The smallest absolute Gasteiger partial charge is 0.269 e. The number of sulfonamides is 1. The maximum atomic E-state index is 12.7. The van der Waals surface area contributed by atoms with Crippen molar-refractivity contribution in [3.05, 3.63) is 63.7 Å². The third-order valence-electron chi connectivity index (χ3n) is 3.96. The first kappa shape index (κ1) is 17.9. The van der Waals surface area contributed by atoms with Crippen molar-refractivity contribution >= 4 is 21.4 Å². The highest BCUT2D eigenvalue weighted by molar-refractivity contribution is 7.92. The van der Waals surface area contributed by atoms with Crippen molar-refractivity contribution in [3.8, 4) is 0 Å². The minimum absolute atomic E-state index is 0.102. The summed E-state index contributed by atoms with van der Waals surface area (Å²) in [7, 11) is -2.43. The van der Waals surface area contributed by atoms with Gasteiger partial charge in [-0.3, -0.25) is 14.4 Å². The van der Waals surface area contributed by atoms with E-state index in [4.69, 9.17) is 0 Å². The summed E-state index contributed by atoms with van der Waals surface area (Å²) in [6.45, 7) is 5.69. The summed E-state index contributed by atoms with van der Waals surface area (Å²) in [5.41, 5.74) is 1.82. The van der Waals surface area contributed by atoms with Gasteiger partial charge in [0.05, 0.1) is 15.5 Å². The van der Waals surface area contributed by atoms with E-state index in [0.717, 1.165) is 15.9 Å². The van der Waals surface area contributed by atoms with Crippen LogP contribution < -0.4 is 4.31 Å². The fraction of sp³-hybridized carbons (Fsp3) is 0.294. The zero-order chi connectivity index (χ0) is 18.1. The van der Waals surface area contributed by atoms with Gasteiger partial charge in [0, 0.05) is 18.7 Å². The number of benzene rings is 2. The van der Waals surface area contributed by atoms with Gasteiger partial charge < -0.3 is 0 Å². The van der Waals surface area contributed by atoms with E-state index in [-0.39, 0.29) is 10.6 Å². The van der Waals surface area contributed by atoms with Gasteiger partial charge in [-0.15, -0.1) is 0 Å². The Labute approximate surface area is 141 Å². The molecule has 0 aliphatic heterocycles. The van der Waals surface area contributed by atoms with Crippen LogP contribution in [0.4, 0.5) is 11.4 Å². The summed E-state index contributed by atoms with van der Waals surface area (Å²) < 4.78 is 26.6. The number of nitro groups is 1. The normalized spacial score (nSPS) is 11.5. The topological polar surface area (TPSA) is 80.5 Å². The molecule has 0 N–H and O–H groups in total. The Morgan fingerprint density at radius 1 is 1.08 bits per heavy atom. The van der Waals surface area contributed by atoms with Gasteiger partial charge in [-0.2, -0.15) is 0 Å². The van der Waals surface area contributed by atoms with E-state index in [1.54, 1.807) is 19.1 Å². The lowest BCUT2D eigenvalue weighted by molar-refractivity contribution is -0.385. The van der Waals surface area contributed by atoms with E-state index in [2.05, 4.69) is 13.8 Å². The number of nitrogens with zero attached hydrogens (tertiary/aromatic N) is 2. The predicted molar refractivity (Wildman–Crippen MR) is 94.0 cm³/mol. The summed E-state index contributed by atoms with van der Waals surface area (Å²) in [6, 6.07) is 11.2. The second-order valence-electron chi connectivity index (χ2n) is 5.92. The molecule has 0 unspecified atom stereocenters. The molecule has 24 heavy (non-hydrogen) atoms. The molecular weight excluding hydrogens is 328 g/mol. The van der Waals surface area contributed by atoms with Crippen molar-refractivity contribution in [2.24, 2.45) is 0 Å². The fourth-order valence-electron chi connectivity index (χ4n) is 2.31. The number of hydrogen-bond donors (Lipinski definition) is 0. The Morgan fingerprint density at radius 2 is 1.67 bits per heavy atom. The second kappa shape index (κ2) is 6.60. The molecule has 2 aromatic rings. The molecule has 2 aromatic carbocycles. The van der Waals surface area contributed by atoms with Crippen molar-refractivity contribution in [2.75, 3.05) is 11.4 Å². The molecule has 0 fully saturated rings. The van der Waals surface area contributed by atoms with Gasteiger partial charge >= 0.3 is 0 Å². The van der Waals surface area contributed by atoms with Crippen LogP contribution in [-0.2, 0) is 10.0 Å². The van der Waals surface area contributed by atoms with Crippen molar-refractivity contribution in [3.63, 3.8) is 0 Å². The van der Waals surface area contributed by atoms with Crippen LogP contribution in [0.5, 0.6) is 0 Å². The van der Waals surface area contributed by atoms with Gasteiger partial charge in [0.2, 0.25) is 0 Å². The Kier molecular flexibility index (Phi) is 4.94. The molecule has 0 bridgehead atoms. The average Bonchev–Trinajstić information content (AvgIpc) is 2.54. The van der Waals surface area contributed by atoms with Crippen molar-refractivity contribution in [2.45, 2.75) is 31.6 Å². The summed E-state index contributed by atoms with van der Waals surface area (Å²) in [5, 5.41) is 11.0. The predicted octanol–water partition coefficient (Wildman–Crippen LogP) is 3.85. The molecule has 0 saturated heterocycles. The average molecular weight is 348 g/mol. The molecular formula is C17H20N2O4S. The first-order valence-corrected chi connectivity index (χ1v) is 8.92. The molecule has 0 aliphatic carbocycles. The van der Waals surface area contributed by atoms with E-state index in [9.17, 15) is 18.5 Å². The molecule has 0 heterocycles. The Morgan fingerprint density at radius 3 is 2.17 bits per heavy atom. The highest BCUT2D eigenvalue weighted by atomic mass is 32.2. The van der Waals surface area contributed by atoms with Crippen LogP contribution in [0.25, 0.3) is 0 Å². The number of nitro benzene ring substituents is 1. The van der Waals surface area contributed by atoms with Crippen LogP contribution in [0.1, 0.15) is 30.9 Å². The number of aryl methyl sites for hydroxylation is 1. The van der Waals surface area contributed by atoms with Crippen molar-refractivity contribution < 1.29 is 13.3 Å². The highest BCUT2D eigenvalue weighted by Gasteiger charge is 2.24. The first-order chi connectivity index (χ1) is 11.1. The quantitative estimate of drug-likeness (QED) is 0.607. The van der Waals surface area contributed by atoms with Gasteiger partial charge in [-0.1, -0.05) is 32.0 Å². The van der Waals surface area contributed by atoms with E-state index in [1.807, 2.05) is 12.1 Å². The number of anilines is 1. The van der Waals surface area contributed by atoms with Crippen LogP contribution in [-0.4, -0.2) is 20.4 Å². The molecule has 0 saturated carbocycles. The van der Waals surface area contributed by atoms with E-state index >= 15 is 0 Å². The molecule has 2 rings (SSSR count). The van der Waals surface area contributed by atoms with Crippen molar-refractivity contribution in [1.82, 2.24) is 0 Å². The third-order valence-corrected chi connectivity index (χ3v) is 5.74. The van der Waals surface area contributed by atoms with Gasteiger partial charge in [0.25, 0.3) is 15.7 Å². The van der Waals surface area contributed by atoms with Crippen LogP contribution in [0, 0.1) is 17.0 Å². The van der Waals surface area contributed by atoms with Crippen LogP contribution >= 0.6 is 0 Å². The fourth-order valence-corrected chi connectivity index (χ4v) is 3.53. The largest absolute Gasteiger partial charge is 0.273 e. The molecule has 6 nitrogen and oxygen atoms in total. The van der Waals surface area contributed by atoms with Crippen LogP contribution in [0.2, 0.25) is 0 Å². The second-order valence-corrected chi connectivity index (χ2v) is 7.89. The Bertz CT molecular complexity index is 859. The van der Waals surface area contributed by atoms with Crippen LogP contribution in [0.15, 0.2) is 47.4 Å². The standard InChI is InChI=1S/C17H20N2O4S/c1-12(2)14-6-8-15(9-7-14)18(4)24(22,23)16-10-5-13(3)17(11-16)19(20)21/h5-12H,1-4H3. The molecule has 0 aliphatic rings. The third kappa shape index (κ3) is 3.41. The van der Waals surface area contributed by atoms with Crippen molar-refractivity contribution in [1.29, 1.82) is 0 Å². The maximum absolute atomic E-state index is 12.7. The minimum atomic E-state index is -3.87. The summed E-state index contributed by atoms with van der Waals surface area (Å²) in [6.07, 6.45) is 0. The lowest BCUT2D eigenvalue weighted by atomic mass is 10.0. The molecule has 7 heteroatoms. The lowest BCUT2D eigenvalue weighted by Gasteiger charge is -2.20. The SMILES string of the molecule is Cc1ccc(S(=O)(=O)N(C)c2ccc(C(C)C)cc2)cc1[N+](=O)[O-]. The molecule has 0 amide bonds. The summed E-state index contributed by atoms with van der Waals surface area (Å²) in [5.74, 6) is 0.348. The maximum Gasteiger partial charge on any atom is 0.273 e. The molecule has 0 aromatic heterocycles. The number of rotatable bonds is 5. The minimum Gasteiger partial charge on any atom is -0.269 e. The molecule has 0 radical (unpaired) electrons. The van der Waals surface area contributed by atoms with Gasteiger partial charge in [-0.25, -0.2) is 8.42 Å². The Balaban J connectivity index is 2.42. The lowest BCUT2D eigenvalue weighted by Crippen LogP contribution is -2.26. The Hall–Kier alpha value is -2.41. The zero-order valence-corrected chi connectivity index (χ0v) is 14.9. The number of hydrogen-bond acceptors (Lipinski definition) is 4. The van der Waals surface area contributed by atoms with Gasteiger partial charge in [0.15, 0.2) is 0 Å². The van der Waals surface area contributed by atoms with Gasteiger partial charge in [-0.05, 0) is 36.6 Å². The molecule has 0 atom stereocenters. The van der Waals surface area contributed by atoms with Crippen LogP contribution in [0.3, 0.4) is 0 Å². The summed E-state index contributed by atoms with van der Waals surface area (Å²) in [4.78, 5) is 10.4. The summed E-state index contributed by atoms with van der Waals surface area (Å²) >= 11 is 0. The zero-order valence-electron chi connectivity index (χ0n) is 14.1. The van der Waals surface area contributed by atoms with E-state index in [1.165, 1.54) is 19.2 Å². The van der Waals surface area contributed by atoms with E-state index < -0.39 is 14.9 Å². The van der Waals surface area contributed by atoms with Gasteiger partial charge in [0.1, 0.15) is 0 Å². The molecule has 0 spiro atoms.